The smallest absolute Gasteiger partial charge is 0.270 e. The highest BCUT2D eigenvalue weighted by Gasteiger charge is 2.19. The lowest BCUT2D eigenvalue weighted by atomic mass is 10.0. The quantitative estimate of drug-likeness (QED) is 0.546. The second-order valence-corrected chi connectivity index (χ2v) is 8.58. The Kier molecular flexibility index (Phi) is 6.83. The maximum Gasteiger partial charge on any atom is 0.270 e. The molecule has 1 N–H and O–H groups in total. The van der Waals surface area contributed by atoms with Crippen LogP contribution in [0.2, 0.25) is 0 Å². The van der Waals surface area contributed by atoms with Crippen LogP contribution in [0.5, 0.6) is 0 Å². The van der Waals surface area contributed by atoms with Gasteiger partial charge in [-0.3, -0.25) is 4.79 Å². The molecule has 0 aliphatic heterocycles. The molecule has 2 aromatic rings. The van der Waals surface area contributed by atoms with Crippen molar-refractivity contribution in [2.24, 2.45) is 4.99 Å². The predicted molar refractivity (Wildman–Crippen MR) is 117 cm³/mol. The van der Waals surface area contributed by atoms with E-state index in [0.29, 0.717) is 11.7 Å². The molecule has 5 nitrogen and oxygen atoms in total. The zero-order valence-corrected chi connectivity index (χ0v) is 18.1. The maximum atomic E-state index is 12.4. The Balaban J connectivity index is 1.68. The summed E-state index contributed by atoms with van der Waals surface area (Å²) in [5.74, 6) is -0.0352. The Morgan fingerprint density at radius 3 is 2.79 bits per heavy atom. The zero-order valence-electron chi connectivity index (χ0n) is 17.3. The number of hydrogen-bond donors (Lipinski definition) is 1. The van der Waals surface area contributed by atoms with Crippen LogP contribution in [0, 0.1) is 13.8 Å². The first-order valence-electron chi connectivity index (χ1n) is 10.1. The minimum absolute atomic E-state index is 0.0352. The molecule has 0 saturated heterocycles. The number of carbonyl (C=O) groups excluding carboxylic acids is 1. The van der Waals surface area contributed by atoms with Gasteiger partial charge in [0.05, 0.1) is 17.0 Å². The van der Waals surface area contributed by atoms with E-state index >= 15 is 0 Å². The van der Waals surface area contributed by atoms with E-state index in [0.717, 1.165) is 42.1 Å². The predicted octanol–water partition coefficient (Wildman–Crippen LogP) is 4.63. The molecule has 1 aromatic carbocycles. The number of aryl methyl sites for hydroxylation is 2. The number of carbonyl (C=O) groups is 1. The molecule has 1 aromatic heterocycles. The van der Waals surface area contributed by atoms with Gasteiger partial charge in [0.25, 0.3) is 5.91 Å². The monoisotopic (exact) mass is 398 g/mol. The fraction of sp³-hybridized carbons (Fsp3) is 0.500. The van der Waals surface area contributed by atoms with Crippen LogP contribution < -0.4 is 5.32 Å². The van der Waals surface area contributed by atoms with Crippen LogP contribution in [0.15, 0.2) is 22.5 Å². The van der Waals surface area contributed by atoms with Crippen LogP contribution in [0.1, 0.15) is 64.8 Å². The fourth-order valence-corrected chi connectivity index (χ4v) is 4.22. The summed E-state index contributed by atoms with van der Waals surface area (Å²) in [6.45, 7) is 7.23. The summed E-state index contributed by atoms with van der Waals surface area (Å²) in [6.07, 6.45) is 7.21. The molecule has 0 atom stereocenters. The molecule has 0 unspecified atom stereocenters. The number of aromatic nitrogens is 1. The van der Waals surface area contributed by atoms with Gasteiger partial charge in [0.1, 0.15) is 5.69 Å². The van der Waals surface area contributed by atoms with E-state index < -0.39 is 0 Å². The molecule has 0 spiro atoms. The second kappa shape index (κ2) is 9.32. The molecule has 1 aliphatic carbocycles. The van der Waals surface area contributed by atoms with Crippen molar-refractivity contribution in [2.75, 3.05) is 13.6 Å². The van der Waals surface area contributed by atoms with Gasteiger partial charge in [-0.2, -0.15) is 0 Å². The molecule has 0 bridgehead atoms. The van der Waals surface area contributed by atoms with Gasteiger partial charge in [-0.1, -0.05) is 18.9 Å². The third kappa shape index (κ3) is 5.19. The van der Waals surface area contributed by atoms with Crippen molar-refractivity contribution in [3.63, 3.8) is 0 Å². The third-order valence-electron chi connectivity index (χ3n) is 5.36. The molecule has 1 aliphatic rings. The summed E-state index contributed by atoms with van der Waals surface area (Å²) in [5.41, 5.74) is 5.13. The Morgan fingerprint density at radius 2 is 2.07 bits per heavy atom. The van der Waals surface area contributed by atoms with E-state index in [1.165, 1.54) is 24.0 Å². The van der Waals surface area contributed by atoms with Gasteiger partial charge >= 0.3 is 0 Å². The average Bonchev–Trinajstić information content (AvgIpc) is 3.35. The van der Waals surface area contributed by atoms with Crippen LogP contribution in [-0.4, -0.2) is 41.8 Å². The molecule has 0 radical (unpaired) electrons. The summed E-state index contributed by atoms with van der Waals surface area (Å²) in [7, 11) is 2.02. The Labute approximate surface area is 171 Å². The van der Waals surface area contributed by atoms with E-state index in [1.54, 1.807) is 11.3 Å². The lowest BCUT2D eigenvalue weighted by Crippen LogP contribution is -2.32. The van der Waals surface area contributed by atoms with Gasteiger partial charge in [-0.15, -0.1) is 11.3 Å². The van der Waals surface area contributed by atoms with Gasteiger partial charge in [0.2, 0.25) is 0 Å². The first-order valence-corrected chi connectivity index (χ1v) is 10.9. The molecule has 1 fully saturated rings. The van der Waals surface area contributed by atoms with Crippen LogP contribution in [0.4, 0.5) is 5.69 Å². The molecule has 1 saturated carbocycles. The van der Waals surface area contributed by atoms with Gasteiger partial charge in [-0.05, 0) is 56.4 Å². The number of aliphatic imine (C=N–C) groups is 1. The van der Waals surface area contributed by atoms with Crippen LogP contribution in [-0.2, 0) is 6.42 Å². The summed E-state index contributed by atoms with van der Waals surface area (Å²) in [4.78, 5) is 23.6. The van der Waals surface area contributed by atoms with E-state index in [4.69, 9.17) is 0 Å². The van der Waals surface area contributed by atoms with Gasteiger partial charge in [0, 0.05) is 31.4 Å². The molecule has 1 heterocycles. The fourth-order valence-electron chi connectivity index (χ4n) is 3.42. The van der Waals surface area contributed by atoms with Crippen molar-refractivity contribution in [1.29, 1.82) is 0 Å². The van der Waals surface area contributed by atoms with Crippen molar-refractivity contribution >= 4 is 29.3 Å². The normalized spacial score (nSPS) is 14.7. The van der Waals surface area contributed by atoms with Crippen molar-refractivity contribution in [3.8, 4) is 0 Å². The molecule has 6 heteroatoms. The van der Waals surface area contributed by atoms with Gasteiger partial charge in [-0.25, -0.2) is 9.98 Å². The number of nitrogens with one attached hydrogen (secondary N) is 1. The maximum absolute atomic E-state index is 12.4. The van der Waals surface area contributed by atoms with Crippen LogP contribution in [0.25, 0.3) is 0 Å². The number of hydrogen-bond acceptors (Lipinski definition) is 4. The number of benzene rings is 1. The highest BCUT2D eigenvalue weighted by atomic mass is 32.1. The summed E-state index contributed by atoms with van der Waals surface area (Å²) in [6, 6.07) is 4.64. The first-order chi connectivity index (χ1) is 13.5. The lowest BCUT2D eigenvalue weighted by Gasteiger charge is -2.11. The summed E-state index contributed by atoms with van der Waals surface area (Å²) < 4.78 is 0. The number of thiazole rings is 1. The van der Waals surface area contributed by atoms with Crippen molar-refractivity contribution in [3.05, 3.63) is 44.9 Å². The Bertz CT molecular complexity index is 852. The second-order valence-electron chi connectivity index (χ2n) is 7.64. The first kappa shape index (κ1) is 20.5. The third-order valence-corrected chi connectivity index (χ3v) is 6.21. The highest BCUT2D eigenvalue weighted by molar-refractivity contribution is 7.09. The van der Waals surface area contributed by atoms with E-state index in [1.807, 2.05) is 18.8 Å². The van der Waals surface area contributed by atoms with Crippen molar-refractivity contribution in [1.82, 2.24) is 15.2 Å². The Hall–Kier alpha value is -2.21. The molecule has 28 heavy (non-hydrogen) atoms. The lowest BCUT2D eigenvalue weighted by molar-refractivity contribution is 0.0933. The SMILES string of the molecule is CCN(C)C=Nc1cc(C)c(Cc2nc(C(=O)NC3CCCC3)cs2)cc1C. The van der Waals surface area contributed by atoms with Gasteiger partial charge < -0.3 is 10.2 Å². The van der Waals surface area contributed by atoms with Crippen LogP contribution in [0.3, 0.4) is 0 Å². The molecular weight excluding hydrogens is 368 g/mol. The van der Waals surface area contributed by atoms with E-state index in [-0.39, 0.29) is 5.91 Å². The topological polar surface area (TPSA) is 57.6 Å². The average molecular weight is 399 g/mol. The number of rotatable bonds is 7. The Morgan fingerprint density at radius 1 is 1.32 bits per heavy atom. The zero-order chi connectivity index (χ0) is 20.1. The highest BCUT2D eigenvalue weighted by Crippen LogP contribution is 2.26. The minimum Gasteiger partial charge on any atom is -0.366 e. The van der Waals surface area contributed by atoms with Crippen molar-refractivity contribution < 1.29 is 4.79 Å². The number of amides is 1. The van der Waals surface area contributed by atoms with E-state index in [2.05, 4.69) is 53.1 Å². The summed E-state index contributed by atoms with van der Waals surface area (Å²) >= 11 is 1.56. The minimum atomic E-state index is -0.0352. The van der Waals surface area contributed by atoms with Gasteiger partial charge in [0.15, 0.2) is 0 Å². The standard InChI is InChI=1S/C22H30N4OS/c1-5-26(4)14-23-19-11-15(2)17(10-16(19)3)12-21-25-20(13-28-21)22(27)24-18-8-6-7-9-18/h10-11,13-14,18H,5-9,12H2,1-4H3,(H,24,27). The largest absolute Gasteiger partial charge is 0.366 e. The van der Waals surface area contributed by atoms with E-state index in [9.17, 15) is 4.79 Å². The molecule has 150 valence electrons. The molecule has 1 amide bonds. The number of nitrogens with zero attached hydrogens (tertiary/aromatic N) is 3. The summed E-state index contributed by atoms with van der Waals surface area (Å²) in [5, 5.41) is 5.96. The van der Waals surface area contributed by atoms with Crippen LogP contribution >= 0.6 is 11.3 Å². The molecular formula is C22H30N4OS. The molecule has 3 rings (SSSR count). The van der Waals surface area contributed by atoms with Crippen molar-refractivity contribution in [2.45, 2.75) is 58.9 Å².